The molecule has 0 bridgehead atoms. The maximum atomic E-state index is 12.6. The lowest BCUT2D eigenvalue weighted by Gasteiger charge is -2.30. The maximum absolute atomic E-state index is 12.6. The van der Waals surface area contributed by atoms with Crippen molar-refractivity contribution in [2.75, 3.05) is 37.7 Å². The van der Waals surface area contributed by atoms with Crippen molar-refractivity contribution in [1.29, 1.82) is 0 Å². The molecule has 1 saturated heterocycles. The summed E-state index contributed by atoms with van der Waals surface area (Å²) >= 11 is 0.939. The van der Waals surface area contributed by atoms with Crippen LogP contribution in [0.4, 0.5) is 14.9 Å². The molecule has 0 N–H and O–H groups in total. The van der Waals surface area contributed by atoms with Crippen molar-refractivity contribution in [3.05, 3.63) is 16.3 Å². The van der Waals surface area contributed by atoms with Gasteiger partial charge in [-0.25, -0.2) is 9.78 Å². The second-order valence-electron chi connectivity index (χ2n) is 6.90. The molecule has 2 amide bonds. The first-order chi connectivity index (χ1) is 11.3. The van der Waals surface area contributed by atoms with Crippen molar-refractivity contribution in [2.24, 2.45) is 11.8 Å². The number of urea groups is 1. The highest BCUT2D eigenvalue weighted by Crippen LogP contribution is 2.30. The van der Waals surface area contributed by atoms with Gasteiger partial charge in [-0.3, -0.25) is 19.9 Å². The first kappa shape index (κ1) is 18.6. The Morgan fingerprint density at radius 3 is 2.42 bits per heavy atom. The zero-order valence-corrected chi connectivity index (χ0v) is 15.5. The average Bonchev–Trinajstić information content (AvgIpc) is 3.05. The molecule has 1 aromatic heterocycles. The third-order valence-electron chi connectivity index (χ3n) is 3.60. The van der Waals surface area contributed by atoms with Gasteiger partial charge in [0.05, 0.1) is 11.6 Å². The van der Waals surface area contributed by atoms with Crippen LogP contribution in [-0.4, -0.2) is 58.6 Å². The standard InChI is InChI=1S/C15H25N5O3S/c1-11(2)8-17(9-12(3)4)10-18-5-6-19(15(18)21)14-16-7-13(24-14)20(22)23/h7,11-12H,5-6,8-10H2,1-4H3. The van der Waals surface area contributed by atoms with E-state index in [0.29, 0.717) is 36.7 Å². The summed E-state index contributed by atoms with van der Waals surface area (Å²) in [5, 5.41) is 11.1. The van der Waals surface area contributed by atoms with E-state index in [2.05, 4.69) is 37.6 Å². The zero-order valence-electron chi connectivity index (χ0n) is 14.6. The minimum absolute atomic E-state index is 0.0440. The molecular formula is C15H25N5O3S. The molecule has 0 radical (unpaired) electrons. The van der Waals surface area contributed by atoms with Crippen LogP contribution < -0.4 is 4.90 Å². The van der Waals surface area contributed by atoms with Gasteiger partial charge in [0.15, 0.2) is 5.13 Å². The molecule has 8 nitrogen and oxygen atoms in total. The summed E-state index contributed by atoms with van der Waals surface area (Å²) in [6, 6.07) is -0.128. The number of anilines is 1. The van der Waals surface area contributed by atoms with Crippen molar-refractivity contribution in [2.45, 2.75) is 27.7 Å². The lowest BCUT2D eigenvalue weighted by Crippen LogP contribution is -2.43. The van der Waals surface area contributed by atoms with E-state index in [0.717, 1.165) is 24.4 Å². The highest BCUT2D eigenvalue weighted by Gasteiger charge is 2.33. The van der Waals surface area contributed by atoms with E-state index in [-0.39, 0.29) is 11.0 Å². The summed E-state index contributed by atoms with van der Waals surface area (Å²) < 4.78 is 0. The number of carbonyl (C=O) groups is 1. The average molecular weight is 355 g/mol. The molecule has 1 aliphatic heterocycles. The predicted molar refractivity (Wildman–Crippen MR) is 94.3 cm³/mol. The molecule has 1 aliphatic rings. The Morgan fingerprint density at radius 1 is 1.29 bits per heavy atom. The van der Waals surface area contributed by atoms with Crippen molar-refractivity contribution >= 4 is 27.5 Å². The molecule has 2 rings (SSSR count). The molecule has 0 saturated carbocycles. The van der Waals surface area contributed by atoms with Crippen LogP contribution in [0.25, 0.3) is 0 Å². The molecule has 0 unspecified atom stereocenters. The fourth-order valence-electron chi connectivity index (χ4n) is 2.82. The Hall–Kier alpha value is -1.74. The van der Waals surface area contributed by atoms with Crippen LogP contribution in [-0.2, 0) is 0 Å². The molecule has 0 aliphatic carbocycles. The van der Waals surface area contributed by atoms with E-state index < -0.39 is 4.92 Å². The highest BCUT2D eigenvalue weighted by molar-refractivity contribution is 7.18. The van der Waals surface area contributed by atoms with Gasteiger partial charge in [-0.05, 0) is 23.2 Å². The number of carbonyl (C=O) groups excluding carboxylic acids is 1. The number of thiazole rings is 1. The van der Waals surface area contributed by atoms with Gasteiger partial charge in [-0.1, -0.05) is 27.7 Å². The fourth-order valence-corrected chi connectivity index (χ4v) is 3.57. The van der Waals surface area contributed by atoms with Crippen LogP contribution in [0.1, 0.15) is 27.7 Å². The van der Waals surface area contributed by atoms with Gasteiger partial charge in [0.2, 0.25) is 0 Å². The van der Waals surface area contributed by atoms with Crippen LogP contribution in [0.5, 0.6) is 0 Å². The molecule has 24 heavy (non-hydrogen) atoms. The van der Waals surface area contributed by atoms with Crippen LogP contribution in [0.3, 0.4) is 0 Å². The Labute approximate surface area is 146 Å². The van der Waals surface area contributed by atoms with Crippen molar-refractivity contribution in [3.63, 3.8) is 0 Å². The number of amides is 2. The molecule has 0 aromatic carbocycles. The van der Waals surface area contributed by atoms with E-state index in [1.54, 1.807) is 4.90 Å². The Kier molecular flexibility index (Phi) is 6.11. The molecule has 134 valence electrons. The van der Waals surface area contributed by atoms with E-state index in [1.165, 1.54) is 11.1 Å². The summed E-state index contributed by atoms with van der Waals surface area (Å²) in [5.74, 6) is 1.05. The van der Waals surface area contributed by atoms with Gasteiger partial charge in [0, 0.05) is 26.2 Å². The second-order valence-corrected chi connectivity index (χ2v) is 7.89. The highest BCUT2D eigenvalue weighted by atomic mass is 32.1. The lowest BCUT2D eigenvalue weighted by atomic mass is 10.1. The zero-order chi connectivity index (χ0) is 17.9. The molecule has 1 aromatic rings. The van der Waals surface area contributed by atoms with Crippen LogP contribution in [0.15, 0.2) is 6.20 Å². The van der Waals surface area contributed by atoms with Gasteiger partial charge in [0.25, 0.3) is 0 Å². The van der Waals surface area contributed by atoms with Crippen LogP contribution in [0, 0.1) is 22.0 Å². The molecule has 9 heteroatoms. The monoisotopic (exact) mass is 355 g/mol. The van der Waals surface area contributed by atoms with Crippen LogP contribution in [0.2, 0.25) is 0 Å². The van der Waals surface area contributed by atoms with Gasteiger partial charge < -0.3 is 4.90 Å². The van der Waals surface area contributed by atoms with Gasteiger partial charge in [-0.15, -0.1) is 0 Å². The summed E-state index contributed by atoms with van der Waals surface area (Å²) in [6.45, 7) is 12.2. The van der Waals surface area contributed by atoms with Crippen molar-refractivity contribution < 1.29 is 9.72 Å². The van der Waals surface area contributed by atoms with Gasteiger partial charge in [-0.2, -0.15) is 0 Å². The second kappa shape index (κ2) is 7.89. The minimum atomic E-state index is -0.480. The van der Waals surface area contributed by atoms with E-state index in [4.69, 9.17) is 0 Å². The molecular weight excluding hydrogens is 330 g/mol. The van der Waals surface area contributed by atoms with Crippen molar-refractivity contribution in [3.8, 4) is 0 Å². The van der Waals surface area contributed by atoms with E-state index in [1.807, 2.05) is 0 Å². The quantitative estimate of drug-likeness (QED) is 0.529. The number of nitrogens with zero attached hydrogens (tertiary/aromatic N) is 5. The SMILES string of the molecule is CC(C)CN(CC(C)C)CN1CCN(c2ncc([N+](=O)[O-])s2)C1=O. The smallest absolute Gasteiger partial charge is 0.310 e. The molecule has 2 heterocycles. The third-order valence-corrected chi connectivity index (χ3v) is 4.58. The maximum Gasteiger partial charge on any atom is 0.345 e. The number of nitro groups is 1. The normalized spacial score (nSPS) is 15.4. The minimum Gasteiger partial charge on any atom is -0.310 e. The number of aromatic nitrogens is 1. The first-order valence-electron chi connectivity index (χ1n) is 8.17. The lowest BCUT2D eigenvalue weighted by molar-refractivity contribution is -0.380. The topological polar surface area (TPSA) is 82.8 Å². The number of rotatable bonds is 8. The van der Waals surface area contributed by atoms with Crippen LogP contribution >= 0.6 is 11.3 Å². The molecule has 1 fully saturated rings. The summed E-state index contributed by atoms with van der Waals surface area (Å²) in [4.78, 5) is 32.5. The summed E-state index contributed by atoms with van der Waals surface area (Å²) in [7, 11) is 0. The largest absolute Gasteiger partial charge is 0.345 e. The molecule has 0 atom stereocenters. The van der Waals surface area contributed by atoms with Gasteiger partial charge in [0.1, 0.15) is 6.20 Å². The number of hydrogen-bond acceptors (Lipinski definition) is 6. The van der Waals surface area contributed by atoms with Crippen molar-refractivity contribution in [1.82, 2.24) is 14.8 Å². The Balaban J connectivity index is 2.02. The fraction of sp³-hybridized carbons (Fsp3) is 0.733. The van der Waals surface area contributed by atoms with E-state index >= 15 is 0 Å². The summed E-state index contributed by atoms with van der Waals surface area (Å²) in [6.07, 6.45) is 1.21. The Morgan fingerprint density at radius 2 is 1.92 bits per heavy atom. The Bertz CT molecular complexity index is 579. The van der Waals surface area contributed by atoms with Gasteiger partial charge >= 0.3 is 11.0 Å². The third kappa shape index (κ3) is 4.64. The predicted octanol–water partition coefficient (Wildman–Crippen LogP) is 2.86. The summed E-state index contributed by atoms with van der Waals surface area (Å²) in [5.41, 5.74) is 0. The first-order valence-corrected chi connectivity index (χ1v) is 8.98. The molecule has 0 spiro atoms. The number of hydrogen-bond donors (Lipinski definition) is 0. The van der Waals surface area contributed by atoms with E-state index in [9.17, 15) is 14.9 Å².